The van der Waals surface area contributed by atoms with Crippen LogP contribution in [0.1, 0.15) is 31.4 Å². The number of hydrogen-bond acceptors (Lipinski definition) is 6. The van der Waals surface area contributed by atoms with E-state index in [-0.39, 0.29) is 23.0 Å². The van der Waals surface area contributed by atoms with Crippen LogP contribution in [0.5, 0.6) is 0 Å². The molecule has 12 heteroatoms. The molecular formula is C19H22ClF3N8. The van der Waals surface area contributed by atoms with Gasteiger partial charge in [0.1, 0.15) is 29.2 Å². The Balaban J connectivity index is 1.25. The van der Waals surface area contributed by atoms with Crippen molar-refractivity contribution in [1.82, 2.24) is 34.7 Å². The van der Waals surface area contributed by atoms with Crippen LogP contribution in [-0.2, 0) is 0 Å². The zero-order valence-electron chi connectivity index (χ0n) is 16.8. The Kier molecular flexibility index (Phi) is 5.04. The van der Waals surface area contributed by atoms with Crippen molar-refractivity contribution in [3.63, 3.8) is 0 Å². The monoisotopic (exact) mass is 454 g/mol. The number of hydrogen-bond donors (Lipinski definition) is 1. The molecule has 1 N–H and O–H groups in total. The van der Waals surface area contributed by atoms with Crippen LogP contribution in [0, 0.1) is 5.92 Å². The number of hydrazone groups is 1. The Morgan fingerprint density at radius 2 is 2.03 bits per heavy atom. The zero-order valence-corrected chi connectivity index (χ0v) is 17.6. The molecule has 8 nitrogen and oxygen atoms in total. The lowest BCUT2D eigenvalue weighted by Crippen LogP contribution is -2.43. The first-order valence-electron chi connectivity index (χ1n) is 10.3. The number of nitrogens with one attached hydrogen (secondary N) is 1. The van der Waals surface area contributed by atoms with E-state index in [1.807, 2.05) is 12.3 Å². The molecule has 0 aliphatic carbocycles. The van der Waals surface area contributed by atoms with Gasteiger partial charge in [-0.05, 0) is 38.9 Å². The van der Waals surface area contributed by atoms with E-state index in [0.29, 0.717) is 6.54 Å². The lowest BCUT2D eigenvalue weighted by atomic mass is 9.91. The van der Waals surface area contributed by atoms with Gasteiger partial charge in [0.25, 0.3) is 0 Å². The molecule has 3 aromatic rings. The molecule has 5 heterocycles. The number of aromatic amines is 1. The number of halogens is 4. The Bertz CT molecular complexity index is 1110. The molecule has 0 bridgehead atoms. The number of fused-ring (bicyclic) bond motifs is 3. The first kappa shape index (κ1) is 20.5. The van der Waals surface area contributed by atoms with Crippen molar-refractivity contribution in [2.24, 2.45) is 11.0 Å². The highest BCUT2D eigenvalue weighted by molar-refractivity contribution is 6.66. The van der Waals surface area contributed by atoms with E-state index in [1.54, 1.807) is 17.8 Å². The number of H-pyrrole nitrogens is 1. The molecular weight excluding hydrogens is 433 g/mol. The third-order valence-corrected chi connectivity index (χ3v) is 6.71. The van der Waals surface area contributed by atoms with Gasteiger partial charge in [-0.2, -0.15) is 18.3 Å². The molecule has 1 fully saturated rings. The molecule has 2 unspecified atom stereocenters. The molecule has 0 saturated carbocycles. The van der Waals surface area contributed by atoms with Crippen molar-refractivity contribution in [3.05, 3.63) is 24.3 Å². The zero-order chi connectivity index (χ0) is 21.8. The highest BCUT2D eigenvalue weighted by atomic mass is 35.5. The van der Waals surface area contributed by atoms with E-state index in [2.05, 4.69) is 30.3 Å². The van der Waals surface area contributed by atoms with Gasteiger partial charge in [0.15, 0.2) is 0 Å². The van der Waals surface area contributed by atoms with Crippen molar-refractivity contribution < 1.29 is 13.2 Å². The van der Waals surface area contributed by atoms with Crippen molar-refractivity contribution >= 4 is 33.3 Å². The molecule has 3 aromatic heterocycles. The third-order valence-electron chi connectivity index (χ3n) is 6.35. The molecule has 1 saturated heterocycles. The number of rotatable bonds is 4. The Morgan fingerprint density at radius 1 is 1.26 bits per heavy atom. The predicted octanol–water partition coefficient (Wildman–Crippen LogP) is 3.22. The lowest BCUT2D eigenvalue weighted by Gasteiger charge is -2.34. The quantitative estimate of drug-likeness (QED) is 0.655. The van der Waals surface area contributed by atoms with Crippen LogP contribution < -0.4 is 0 Å². The average molecular weight is 455 g/mol. The topological polar surface area (TPSA) is 77.7 Å². The lowest BCUT2D eigenvalue weighted by molar-refractivity contribution is -0.149. The Morgan fingerprint density at radius 3 is 2.77 bits per heavy atom. The Labute approximate surface area is 181 Å². The molecule has 0 spiro atoms. The van der Waals surface area contributed by atoms with Crippen LogP contribution in [0.25, 0.3) is 16.6 Å². The minimum atomic E-state index is -4.30. The summed E-state index contributed by atoms with van der Waals surface area (Å²) in [7, 11) is 0. The number of aromatic nitrogens is 5. The first-order chi connectivity index (χ1) is 14.8. The smallest absolute Gasteiger partial charge is 0.346 e. The summed E-state index contributed by atoms with van der Waals surface area (Å²) in [4.78, 5) is 9.71. The molecule has 166 valence electrons. The SMILES string of the molecule is CC1C(CN2CCC(c3nnn4cnc5[nH]ccc5c34)CC2)C(Cl)=NN1CC(F)(F)F. The summed E-state index contributed by atoms with van der Waals surface area (Å²) >= 11 is 6.22. The maximum Gasteiger partial charge on any atom is 0.407 e. The second-order valence-corrected chi connectivity index (χ2v) is 8.70. The fraction of sp³-hybridized carbons (Fsp3) is 0.579. The van der Waals surface area contributed by atoms with Gasteiger partial charge in [-0.15, -0.1) is 5.10 Å². The van der Waals surface area contributed by atoms with E-state index in [1.165, 1.54) is 0 Å². The summed E-state index contributed by atoms with van der Waals surface area (Å²) < 4.78 is 40.0. The van der Waals surface area contributed by atoms with Crippen molar-refractivity contribution in [2.45, 2.75) is 37.9 Å². The summed E-state index contributed by atoms with van der Waals surface area (Å²) in [6.45, 7) is 2.90. The van der Waals surface area contributed by atoms with E-state index in [9.17, 15) is 13.2 Å². The predicted molar refractivity (Wildman–Crippen MR) is 110 cm³/mol. The summed E-state index contributed by atoms with van der Waals surface area (Å²) in [6.07, 6.45) is 1.00. The Hall–Kier alpha value is -2.40. The largest absolute Gasteiger partial charge is 0.407 e. The van der Waals surface area contributed by atoms with Crippen LogP contribution >= 0.6 is 11.6 Å². The minimum Gasteiger partial charge on any atom is -0.346 e. The standard InChI is InChI=1S/C19H22ClF3N8/c1-11-14(17(20)27-30(11)9-19(21,22)23)8-29-6-3-12(4-7-29)15-16-13-2-5-24-18(13)25-10-31(16)28-26-15/h2,5,10-12,14,24H,3-4,6-9H2,1H3. The van der Waals surface area contributed by atoms with Gasteiger partial charge >= 0.3 is 6.18 Å². The van der Waals surface area contributed by atoms with Crippen molar-refractivity contribution in [1.29, 1.82) is 0 Å². The molecule has 2 atom stereocenters. The number of alkyl halides is 3. The second-order valence-electron chi connectivity index (χ2n) is 8.31. The van der Waals surface area contributed by atoms with Crippen LogP contribution in [0.2, 0.25) is 0 Å². The summed E-state index contributed by atoms with van der Waals surface area (Å²) in [5.41, 5.74) is 2.75. The van der Waals surface area contributed by atoms with Gasteiger partial charge < -0.3 is 9.88 Å². The van der Waals surface area contributed by atoms with Gasteiger partial charge in [0, 0.05) is 30.0 Å². The van der Waals surface area contributed by atoms with Gasteiger partial charge in [0.05, 0.1) is 11.7 Å². The minimum absolute atomic E-state index is 0.221. The average Bonchev–Trinajstić information content (AvgIpc) is 3.41. The summed E-state index contributed by atoms with van der Waals surface area (Å²) in [5.74, 6) is 0.0438. The van der Waals surface area contributed by atoms with E-state index in [4.69, 9.17) is 11.6 Å². The number of piperidine rings is 1. The maximum atomic E-state index is 12.8. The highest BCUT2D eigenvalue weighted by Gasteiger charge is 2.41. The van der Waals surface area contributed by atoms with Gasteiger partial charge in [-0.3, -0.25) is 5.01 Å². The normalized spacial score (nSPS) is 23.9. The highest BCUT2D eigenvalue weighted by Crippen LogP contribution is 2.34. The van der Waals surface area contributed by atoms with Crippen molar-refractivity contribution in [2.75, 3.05) is 26.2 Å². The molecule has 2 aliphatic rings. The maximum absolute atomic E-state index is 12.8. The third kappa shape index (κ3) is 3.84. The van der Waals surface area contributed by atoms with Crippen LogP contribution in [0.15, 0.2) is 23.7 Å². The van der Waals surface area contributed by atoms with E-state index in [0.717, 1.165) is 53.2 Å². The molecule has 5 rings (SSSR count). The summed E-state index contributed by atoms with van der Waals surface area (Å²) in [6, 6.07) is 1.59. The molecule has 2 aliphatic heterocycles. The van der Waals surface area contributed by atoms with Crippen molar-refractivity contribution in [3.8, 4) is 0 Å². The van der Waals surface area contributed by atoms with Gasteiger partial charge in [-0.25, -0.2) is 9.50 Å². The van der Waals surface area contributed by atoms with Crippen LogP contribution in [-0.4, -0.2) is 78.3 Å². The molecule has 0 aromatic carbocycles. The van der Waals surface area contributed by atoms with Gasteiger partial charge in [-0.1, -0.05) is 16.8 Å². The van der Waals surface area contributed by atoms with E-state index < -0.39 is 12.7 Å². The molecule has 0 radical (unpaired) electrons. The summed E-state index contributed by atoms with van der Waals surface area (Å²) in [5, 5.41) is 14.9. The number of likely N-dealkylation sites (tertiary alicyclic amines) is 1. The second kappa shape index (κ2) is 7.63. The van der Waals surface area contributed by atoms with E-state index >= 15 is 0 Å². The fourth-order valence-corrected chi connectivity index (χ4v) is 5.00. The fourth-order valence-electron chi connectivity index (χ4n) is 4.65. The van der Waals surface area contributed by atoms with Crippen LogP contribution in [0.4, 0.5) is 13.2 Å². The van der Waals surface area contributed by atoms with Gasteiger partial charge in [0.2, 0.25) is 0 Å². The molecule has 31 heavy (non-hydrogen) atoms. The number of nitrogens with zero attached hydrogens (tertiary/aromatic N) is 7. The van der Waals surface area contributed by atoms with Crippen LogP contribution in [0.3, 0.4) is 0 Å². The molecule has 0 amide bonds. The first-order valence-corrected chi connectivity index (χ1v) is 10.6.